The normalized spacial score (nSPS) is 24.1. The molecule has 1 fully saturated rings. The van der Waals surface area contributed by atoms with E-state index in [4.69, 9.17) is 9.97 Å². The second-order valence-electron chi connectivity index (χ2n) is 11.8. The molecule has 7 nitrogen and oxygen atoms in total. The largest absolute Gasteiger partial charge is 0.396 e. The van der Waals surface area contributed by atoms with E-state index >= 15 is 0 Å². The zero-order chi connectivity index (χ0) is 27.8. The van der Waals surface area contributed by atoms with Crippen molar-refractivity contribution in [1.82, 2.24) is 9.97 Å². The third-order valence-electron chi connectivity index (χ3n) is 8.28. The Morgan fingerprint density at radius 1 is 1.11 bits per heavy atom. The average Bonchev–Trinajstić information content (AvgIpc) is 3.30. The third-order valence-corrected chi connectivity index (χ3v) is 9.33. The van der Waals surface area contributed by atoms with Crippen LogP contribution in [0.25, 0.3) is 22.7 Å². The monoisotopic (exact) mass is 540 g/mol. The second kappa shape index (κ2) is 11.5. The Balaban J connectivity index is 1.85. The number of pyridine rings is 1. The Labute approximate surface area is 231 Å². The first kappa shape index (κ1) is 28.7. The summed E-state index contributed by atoms with van der Waals surface area (Å²) in [5, 5.41) is 39.0. The van der Waals surface area contributed by atoms with E-state index in [1.54, 1.807) is 11.3 Å². The lowest BCUT2D eigenvalue weighted by Crippen LogP contribution is -2.36. The van der Waals surface area contributed by atoms with Crippen LogP contribution in [0.2, 0.25) is 0 Å². The van der Waals surface area contributed by atoms with Crippen molar-refractivity contribution in [3.05, 3.63) is 33.3 Å². The lowest BCUT2D eigenvalue weighted by Gasteiger charge is -2.30. The van der Waals surface area contributed by atoms with Crippen LogP contribution in [-0.4, -0.2) is 56.2 Å². The van der Waals surface area contributed by atoms with E-state index < -0.39 is 18.2 Å². The minimum Gasteiger partial charge on any atom is -0.396 e. The average molecular weight is 541 g/mol. The molecule has 0 saturated heterocycles. The van der Waals surface area contributed by atoms with Crippen LogP contribution in [0.5, 0.6) is 0 Å². The van der Waals surface area contributed by atoms with Crippen LogP contribution in [0.3, 0.4) is 0 Å². The number of anilines is 2. The molecule has 2 aliphatic rings. The van der Waals surface area contributed by atoms with Gasteiger partial charge in [0.25, 0.3) is 0 Å². The summed E-state index contributed by atoms with van der Waals surface area (Å²) >= 11 is 1.66. The Hall–Kier alpha value is -2.26. The van der Waals surface area contributed by atoms with Gasteiger partial charge in [-0.1, -0.05) is 46.3 Å². The molecule has 5 unspecified atom stereocenters. The molecule has 208 valence electrons. The first-order chi connectivity index (χ1) is 18.0. The van der Waals surface area contributed by atoms with Crippen LogP contribution >= 0.6 is 11.3 Å². The number of nitrogens with zero attached hydrogens (tertiary/aromatic N) is 2. The maximum atomic E-state index is 10.8. The number of hydrogen-bond acceptors (Lipinski definition) is 8. The van der Waals surface area contributed by atoms with E-state index in [1.807, 2.05) is 0 Å². The van der Waals surface area contributed by atoms with Gasteiger partial charge in [-0.25, -0.2) is 9.97 Å². The maximum absolute atomic E-state index is 10.8. The summed E-state index contributed by atoms with van der Waals surface area (Å²) in [5.74, 6) is 1.10. The highest BCUT2D eigenvalue weighted by molar-refractivity contribution is 7.16. The van der Waals surface area contributed by atoms with Gasteiger partial charge in [0.05, 0.1) is 28.3 Å². The Bertz CT molecular complexity index is 1210. The zero-order valence-electron chi connectivity index (χ0n) is 23.8. The van der Waals surface area contributed by atoms with Crippen molar-refractivity contribution in [2.75, 3.05) is 17.2 Å². The van der Waals surface area contributed by atoms with Crippen molar-refractivity contribution in [3.8, 4) is 10.6 Å². The fourth-order valence-corrected chi connectivity index (χ4v) is 6.27. The van der Waals surface area contributed by atoms with Crippen molar-refractivity contribution in [1.29, 1.82) is 0 Å². The van der Waals surface area contributed by atoms with Gasteiger partial charge in [0, 0.05) is 18.6 Å². The van der Waals surface area contributed by atoms with E-state index in [-0.39, 0.29) is 24.0 Å². The van der Waals surface area contributed by atoms with Gasteiger partial charge in [-0.2, -0.15) is 0 Å². The molecule has 8 heteroatoms. The number of aliphatic hydroxyl groups is 3. The van der Waals surface area contributed by atoms with Gasteiger partial charge >= 0.3 is 0 Å². The third kappa shape index (κ3) is 5.69. The summed E-state index contributed by atoms with van der Waals surface area (Å²) < 4.78 is 0. The van der Waals surface area contributed by atoms with Gasteiger partial charge < -0.3 is 26.0 Å². The number of allylic oxidation sites excluding steroid dienone is 2. The number of thiazole rings is 1. The highest BCUT2D eigenvalue weighted by Gasteiger charge is 2.41. The number of aliphatic hydroxyl groups excluding tert-OH is 3. The molecular formula is C30H44N4O3S. The fourth-order valence-electron chi connectivity index (χ4n) is 5.19. The molecule has 1 saturated carbocycles. The molecule has 0 spiro atoms. The fraction of sp³-hybridized carbons (Fsp3) is 0.600. The molecule has 38 heavy (non-hydrogen) atoms. The first-order valence-corrected chi connectivity index (χ1v) is 14.7. The van der Waals surface area contributed by atoms with Crippen molar-refractivity contribution in [2.45, 2.75) is 98.4 Å². The van der Waals surface area contributed by atoms with Gasteiger partial charge in [0.2, 0.25) is 0 Å². The molecule has 2 aromatic heterocycles. The molecule has 2 aromatic rings. The second-order valence-corrected chi connectivity index (χ2v) is 12.8. The number of nitrogens with one attached hydrogen (secondary N) is 2. The molecule has 4 rings (SSSR count). The molecule has 2 aliphatic carbocycles. The summed E-state index contributed by atoms with van der Waals surface area (Å²) in [5.41, 5.74) is 5.56. The van der Waals surface area contributed by atoms with E-state index in [2.05, 4.69) is 77.3 Å². The highest BCUT2D eigenvalue weighted by atomic mass is 32.1. The standard InChI is InChI=1S/C30H44N4O3S/c1-8-18-11-10-12-23-21(13-18)33-29(38-23)24-16(3)20(9-2)27(31-17(4)30(5,6)7)34-28(24)32-22-14-19(15-35)25(36)26(22)37/h10,12-13,17,19,22,25-26,35-37H,8-9,11,14-15H2,1-7H3,(H2,31,32,34). The summed E-state index contributed by atoms with van der Waals surface area (Å²) in [6.45, 7) is 15.1. The lowest BCUT2D eigenvalue weighted by molar-refractivity contribution is 0.00446. The summed E-state index contributed by atoms with van der Waals surface area (Å²) in [4.78, 5) is 11.3. The Morgan fingerprint density at radius 3 is 2.45 bits per heavy atom. The van der Waals surface area contributed by atoms with Gasteiger partial charge in [-0.15, -0.1) is 11.3 Å². The molecule has 0 amide bonds. The van der Waals surface area contributed by atoms with Gasteiger partial charge in [-0.3, -0.25) is 0 Å². The summed E-state index contributed by atoms with van der Waals surface area (Å²) in [7, 11) is 0. The van der Waals surface area contributed by atoms with Gasteiger partial charge in [0.15, 0.2) is 0 Å². The van der Waals surface area contributed by atoms with E-state index in [1.165, 1.54) is 5.57 Å². The summed E-state index contributed by atoms with van der Waals surface area (Å²) in [6.07, 6.45) is 7.80. The smallest absolute Gasteiger partial charge is 0.139 e. The molecule has 2 heterocycles. The van der Waals surface area contributed by atoms with Crippen LogP contribution < -0.4 is 10.6 Å². The van der Waals surface area contributed by atoms with Gasteiger partial charge in [0.1, 0.15) is 22.7 Å². The molecule has 0 aromatic carbocycles. The molecule has 0 aliphatic heterocycles. The number of fused-ring (bicyclic) bond motifs is 1. The number of hydrogen-bond donors (Lipinski definition) is 5. The first-order valence-electron chi connectivity index (χ1n) is 13.9. The Kier molecular flexibility index (Phi) is 8.67. The number of aromatic nitrogens is 2. The highest BCUT2D eigenvalue weighted by Crippen LogP contribution is 2.42. The van der Waals surface area contributed by atoms with Crippen molar-refractivity contribution < 1.29 is 15.3 Å². The minimum atomic E-state index is -0.996. The minimum absolute atomic E-state index is 0.0372. The van der Waals surface area contributed by atoms with Crippen molar-refractivity contribution in [3.63, 3.8) is 0 Å². The molecule has 5 N–H and O–H groups in total. The molecule has 0 bridgehead atoms. The predicted octanol–water partition coefficient (Wildman–Crippen LogP) is 5.65. The van der Waals surface area contributed by atoms with Crippen LogP contribution in [-0.2, 0) is 6.42 Å². The van der Waals surface area contributed by atoms with Crippen LogP contribution in [0, 0.1) is 18.3 Å². The van der Waals surface area contributed by atoms with Crippen LogP contribution in [0.4, 0.5) is 11.6 Å². The SMILES string of the molecule is CCC1=Cc2nc(-c3c(NC4CC(CO)C(O)C4O)nc(NC(C)C(C)(C)C)c(CC)c3C)sc2C=CC1. The molecular weight excluding hydrogens is 496 g/mol. The maximum Gasteiger partial charge on any atom is 0.139 e. The van der Waals surface area contributed by atoms with E-state index in [9.17, 15) is 15.3 Å². The quantitative estimate of drug-likeness (QED) is 0.294. The van der Waals surface area contributed by atoms with Crippen LogP contribution in [0.15, 0.2) is 11.6 Å². The predicted molar refractivity (Wildman–Crippen MR) is 159 cm³/mol. The zero-order valence-corrected chi connectivity index (χ0v) is 24.6. The number of rotatable bonds is 8. The molecule has 0 radical (unpaired) electrons. The molecule has 5 atom stereocenters. The lowest BCUT2D eigenvalue weighted by atomic mass is 9.88. The van der Waals surface area contributed by atoms with Crippen molar-refractivity contribution >= 4 is 35.1 Å². The van der Waals surface area contributed by atoms with Crippen molar-refractivity contribution in [2.24, 2.45) is 11.3 Å². The van der Waals surface area contributed by atoms with E-state index in [0.717, 1.165) is 57.3 Å². The topological polar surface area (TPSA) is 111 Å². The van der Waals surface area contributed by atoms with E-state index in [0.29, 0.717) is 12.2 Å². The van der Waals surface area contributed by atoms with Gasteiger partial charge in [-0.05, 0) is 68.2 Å². The Morgan fingerprint density at radius 2 is 1.84 bits per heavy atom. The summed E-state index contributed by atoms with van der Waals surface area (Å²) in [6, 6.07) is -0.257. The van der Waals surface area contributed by atoms with Crippen LogP contribution in [0.1, 0.15) is 82.5 Å².